The average molecular weight is 329 g/mol. The van der Waals surface area contributed by atoms with Gasteiger partial charge in [-0.25, -0.2) is 9.48 Å². The van der Waals surface area contributed by atoms with E-state index in [1.807, 2.05) is 0 Å². The number of hydrogen-bond acceptors (Lipinski definition) is 6. The Labute approximate surface area is 127 Å². The lowest BCUT2D eigenvalue weighted by Gasteiger charge is -2.09. The predicted octanol–water partition coefficient (Wildman–Crippen LogP) is 0.498. The number of aromatic nitrogens is 4. The highest BCUT2D eigenvalue weighted by Gasteiger charge is 2.27. The molecule has 1 aromatic heterocycles. The number of esters is 1. The fourth-order valence-corrected chi connectivity index (χ4v) is 1.49. The van der Waals surface area contributed by atoms with Crippen LogP contribution >= 0.6 is 0 Å². The zero-order valence-electron chi connectivity index (χ0n) is 11.4. The first-order valence-corrected chi connectivity index (χ1v) is 6.19. The van der Waals surface area contributed by atoms with Crippen LogP contribution in [0.2, 0.25) is 0 Å². The number of amides is 1. The molecule has 11 heteroatoms. The summed E-state index contributed by atoms with van der Waals surface area (Å²) in [5, 5.41) is 12.2. The van der Waals surface area contributed by atoms with Crippen molar-refractivity contribution in [3.05, 3.63) is 36.2 Å². The molecule has 2 aromatic rings. The van der Waals surface area contributed by atoms with Gasteiger partial charge in [0.15, 0.2) is 6.61 Å². The molecule has 1 aromatic carbocycles. The second kappa shape index (κ2) is 6.85. The van der Waals surface area contributed by atoms with E-state index < -0.39 is 31.2 Å². The number of alkyl halides is 3. The Kier molecular flexibility index (Phi) is 4.88. The van der Waals surface area contributed by atoms with Crippen molar-refractivity contribution < 1.29 is 27.5 Å². The van der Waals surface area contributed by atoms with Crippen LogP contribution in [0.5, 0.6) is 0 Å². The van der Waals surface area contributed by atoms with Gasteiger partial charge in [0.2, 0.25) is 0 Å². The van der Waals surface area contributed by atoms with E-state index in [-0.39, 0.29) is 5.56 Å². The zero-order valence-corrected chi connectivity index (χ0v) is 11.4. The molecule has 0 saturated carbocycles. The lowest BCUT2D eigenvalue weighted by molar-refractivity contribution is -0.140. The SMILES string of the molecule is O=C(COC(=O)c1ccc(-n2cnnn2)cc1)NCC(F)(F)F. The van der Waals surface area contributed by atoms with Crippen LogP contribution in [0.1, 0.15) is 10.4 Å². The third-order valence-electron chi connectivity index (χ3n) is 2.54. The highest BCUT2D eigenvalue weighted by atomic mass is 19.4. The summed E-state index contributed by atoms with van der Waals surface area (Å²) in [5.74, 6) is -1.88. The molecule has 0 aliphatic carbocycles. The molecular formula is C12H10F3N5O3. The van der Waals surface area contributed by atoms with Gasteiger partial charge in [-0.2, -0.15) is 13.2 Å². The van der Waals surface area contributed by atoms with E-state index in [1.165, 1.54) is 35.3 Å². The number of hydrogen-bond donors (Lipinski definition) is 1. The molecule has 0 saturated heterocycles. The van der Waals surface area contributed by atoms with Gasteiger partial charge in [0.1, 0.15) is 12.9 Å². The molecule has 0 aliphatic heterocycles. The Morgan fingerprint density at radius 2 is 1.91 bits per heavy atom. The van der Waals surface area contributed by atoms with Crippen molar-refractivity contribution in [3.63, 3.8) is 0 Å². The van der Waals surface area contributed by atoms with E-state index in [4.69, 9.17) is 0 Å². The summed E-state index contributed by atoms with van der Waals surface area (Å²) in [7, 11) is 0. The van der Waals surface area contributed by atoms with Crippen molar-refractivity contribution in [1.29, 1.82) is 0 Å². The summed E-state index contributed by atoms with van der Waals surface area (Å²) in [6, 6.07) is 5.90. The predicted molar refractivity (Wildman–Crippen MR) is 68.5 cm³/mol. The van der Waals surface area contributed by atoms with E-state index in [2.05, 4.69) is 20.3 Å². The summed E-state index contributed by atoms with van der Waals surface area (Å²) in [4.78, 5) is 22.8. The molecular weight excluding hydrogens is 319 g/mol. The second-order valence-corrected chi connectivity index (χ2v) is 4.27. The maximum absolute atomic E-state index is 11.9. The van der Waals surface area contributed by atoms with Gasteiger partial charge in [-0.3, -0.25) is 4.79 Å². The molecule has 0 atom stereocenters. The van der Waals surface area contributed by atoms with Crippen LogP contribution in [0.25, 0.3) is 5.69 Å². The molecule has 0 radical (unpaired) electrons. The minimum absolute atomic E-state index is 0.130. The van der Waals surface area contributed by atoms with Crippen LogP contribution in [0.3, 0.4) is 0 Å². The molecule has 122 valence electrons. The smallest absolute Gasteiger partial charge is 0.405 e. The fraction of sp³-hybridized carbons (Fsp3) is 0.250. The number of carbonyl (C=O) groups is 2. The molecule has 1 N–H and O–H groups in total. The molecule has 0 spiro atoms. The number of carbonyl (C=O) groups excluding carboxylic acids is 2. The molecule has 0 bridgehead atoms. The highest BCUT2D eigenvalue weighted by Crippen LogP contribution is 2.12. The standard InChI is InChI=1S/C12H10F3N5O3/c13-12(14,15)6-16-10(21)5-23-11(22)8-1-3-9(4-2-8)20-7-17-18-19-20/h1-4,7H,5-6H2,(H,16,21). The van der Waals surface area contributed by atoms with Gasteiger partial charge >= 0.3 is 12.1 Å². The minimum Gasteiger partial charge on any atom is -0.452 e. The van der Waals surface area contributed by atoms with Gasteiger partial charge in [0.25, 0.3) is 5.91 Å². The Morgan fingerprint density at radius 1 is 1.22 bits per heavy atom. The summed E-state index contributed by atoms with van der Waals surface area (Å²) < 4.78 is 41.7. The Balaban J connectivity index is 1.85. The maximum Gasteiger partial charge on any atom is 0.405 e. The number of halogens is 3. The van der Waals surface area contributed by atoms with Gasteiger partial charge in [0, 0.05) is 0 Å². The van der Waals surface area contributed by atoms with Crippen molar-refractivity contribution in [2.45, 2.75) is 6.18 Å². The first-order chi connectivity index (χ1) is 10.8. The van der Waals surface area contributed by atoms with E-state index >= 15 is 0 Å². The van der Waals surface area contributed by atoms with Crippen molar-refractivity contribution in [1.82, 2.24) is 25.5 Å². The minimum atomic E-state index is -4.52. The van der Waals surface area contributed by atoms with Crippen molar-refractivity contribution in [2.24, 2.45) is 0 Å². The van der Waals surface area contributed by atoms with Crippen LogP contribution in [0.4, 0.5) is 13.2 Å². The molecule has 0 fully saturated rings. The summed E-state index contributed by atoms with van der Waals surface area (Å²) in [5.41, 5.74) is 0.722. The topological polar surface area (TPSA) is 99.0 Å². The number of benzene rings is 1. The molecule has 0 unspecified atom stereocenters. The van der Waals surface area contributed by atoms with Gasteiger partial charge in [-0.15, -0.1) is 5.10 Å². The number of ether oxygens (including phenoxy) is 1. The molecule has 2 rings (SSSR count). The molecule has 1 amide bonds. The van der Waals surface area contributed by atoms with Gasteiger partial charge in [-0.05, 0) is 34.7 Å². The number of rotatable bonds is 5. The van der Waals surface area contributed by atoms with Crippen LogP contribution in [0.15, 0.2) is 30.6 Å². The molecule has 0 aliphatic rings. The first kappa shape index (κ1) is 16.4. The molecule has 23 heavy (non-hydrogen) atoms. The second-order valence-electron chi connectivity index (χ2n) is 4.27. The third-order valence-corrected chi connectivity index (χ3v) is 2.54. The Morgan fingerprint density at radius 3 is 2.48 bits per heavy atom. The maximum atomic E-state index is 11.9. The van der Waals surface area contributed by atoms with Crippen molar-refractivity contribution >= 4 is 11.9 Å². The van der Waals surface area contributed by atoms with Crippen LogP contribution in [-0.4, -0.2) is 51.4 Å². The lowest BCUT2D eigenvalue weighted by Crippen LogP contribution is -2.36. The lowest BCUT2D eigenvalue weighted by atomic mass is 10.2. The number of tetrazole rings is 1. The Bertz CT molecular complexity index is 670. The quantitative estimate of drug-likeness (QED) is 0.802. The highest BCUT2D eigenvalue weighted by molar-refractivity contribution is 5.91. The molecule has 1 heterocycles. The summed E-state index contributed by atoms with van der Waals surface area (Å²) >= 11 is 0. The van der Waals surface area contributed by atoms with E-state index in [1.54, 1.807) is 5.32 Å². The zero-order chi connectivity index (χ0) is 16.9. The van der Waals surface area contributed by atoms with E-state index in [0.717, 1.165) is 0 Å². The van der Waals surface area contributed by atoms with Crippen molar-refractivity contribution in [3.8, 4) is 5.69 Å². The van der Waals surface area contributed by atoms with Gasteiger partial charge < -0.3 is 10.1 Å². The van der Waals surface area contributed by atoms with Crippen LogP contribution < -0.4 is 5.32 Å². The summed E-state index contributed by atoms with van der Waals surface area (Å²) in [6.45, 7) is -2.28. The number of nitrogens with one attached hydrogen (secondary N) is 1. The summed E-state index contributed by atoms with van der Waals surface area (Å²) in [6.07, 6.45) is -3.16. The largest absolute Gasteiger partial charge is 0.452 e. The van der Waals surface area contributed by atoms with Crippen LogP contribution in [0, 0.1) is 0 Å². The first-order valence-electron chi connectivity index (χ1n) is 6.19. The van der Waals surface area contributed by atoms with Gasteiger partial charge in [-0.1, -0.05) is 0 Å². The monoisotopic (exact) mass is 329 g/mol. The van der Waals surface area contributed by atoms with Crippen LogP contribution in [-0.2, 0) is 9.53 Å². The third kappa shape index (κ3) is 5.05. The Hall–Kier alpha value is -2.98. The average Bonchev–Trinajstić information content (AvgIpc) is 3.04. The molecule has 8 nitrogen and oxygen atoms in total. The van der Waals surface area contributed by atoms with E-state index in [9.17, 15) is 22.8 Å². The van der Waals surface area contributed by atoms with Gasteiger partial charge in [0.05, 0.1) is 11.3 Å². The van der Waals surface area contributed by atoms with E-state index in [0.29, 0.717) is 5.69 Å². The number of nitrogens with zero attached hydrogens (tertiary/aromatic N) is 4. The fourth-order valence-electron chi connectivity index (χ4n) is 1.49. The normalized spacial score (nSPS) is 11.1. The van der Waals surface area contributed by atoms with Crippen molar-refractivity contribution in [2.75, 3.05) is 13.2 Å².